The molecule has 16 heavy (non-hydrogen) atoms. The number of furan rings is 1. The molecule has 0 unspecified atom stereocenters. The molecule has 2 aromatic rings. The zero-order valence-electron chi connectivity index (χ0n) is 8.41. The van der Waals surface area contributed by atoms with Crippen LogP contribution in [0.25, 0.3) is 11.0 Å². The van der Waals surface area contributed by atoms with Gasteiger partial charge in [-0.2, -0.15) is 0 Å². The van der Waals surface area contributed by atoms with Crippen molar-refractivity contribution < 1.29 is 73.5 Å². The number of halogens is 3. The molecule has 0 saturated heterocycles. The maximum absolute atomic E-state index is 12.6. The van der Waals surface area contributed by atoms with Gasteiger partial charge in [0.1, 0.15) is 11.3 Å². The number of fused-ring (bicyclic) bond motifs is 1. The van der Waals surface area contributed by atoms with Crippen molar-refractivity contribution in [1.29, 1.82) is 0 Å². The topological polar surface area (TPSA) is 30.2 Å². The fourth-order valence-electron chi connectivity index (χ4n) is 1.51. The van der Waals surface area contributed by atoms with E-state index in [4.69, 9.17) is 4.42 Å². The minimum atomic E-state index is -5.24. The van der Waals surface area contributed by atoms with Crippen molar-refractivity contribution in [3.63, 3.8) is 0 Å². The molecule has 0 N–H and O–H groups in total. The van der Waals surface area contributed by atoms with Crippen LogP contribution < -0.4 is 56.8 Å². The Balaban J connectivity index is 0.00000128. The number of carbonyl (C=O) groups excluding carboxylic acids is 1. The predicted octanol–water partition coefficient (Wildman–Crippen LogP) is -0.696. The van der Waals surface area contributed by atoms with E-state index in [9.17, 15) is 17.7 Å². The Morgan fingerprint density at radius 2 is 1.81 bits per heavy atom. The van der Waals surface area contributed by atoms with Crippen LogP contribution in [0.15, 0.2) is 28.7 Å². The molecular formula is C9H5BF3KO2. The third kappa shape index (κ3) is 2.43. The van der Waals surface area contributed by atoms with E-state index in [2.05, 4.69) is 0 Å². The molecule has 0 fully saturated rings. The van der Waals surface area contributed by atoms with E-state index in [0.29, 0.717) is 0 Å². The number of para-hydroxylation sites is 1. The van der Waals surface area contributed by atoms with E-state index < -0.39 is 18.2 Å². The van der Waals surface area contributed by atoms with Gasteiger partial charge in [-0.25, -0.2) is 0 Å². The van der Waals surface area contributed by atoms with Crippen molar-refractivity contribution in [2.24, 2.45) is 0 Å². The van der Waals surface area contributed by atoms with Gasteiger partial charge >= 0.3 is 58.4 Å². The number of hydrogen-bond acceptors (Lipinski definition) is 2. The first kappa shape index (κ1) is 14.0. The van der Waals surface area contributed by atoms with E-state index in [1.165, 1.54) is 18.2 Å². The minimum Gasteiger partial charge on any atom is -0.456 e. The summed E-state index contributed by atoms with van der Waals surface area (Å²) in [5, 5.41) is -0.0629. The number of aldehydes is 1. The van der Waals surface area contributed by atoms with E-state index >= 15 is 0 Å². The van der Waals surface area contributed by atoms with Crippen LogP contribution in [-0.2, 0) is 0 Å². The average Bonchev–Trinajstić information content (AvgIpc) is 2.54. The summed E-state index contributed by atoms with van der Waals surface area (Å²) in [5.41, 5.74) is -0.866. The Bertz CT molecular complexity index is 521. The van der Waals surface area contributed by atoms with E-state index in [0.717, 1.165) is 0 Å². The first-order valence-corrected chi connectivity index (χ1v) is 4.20. The molecule has 1 aromatic heterocycles. The van der Waals surface area contributed by atoms with Crippen LogP contribution in [0.5, 0.6) is 0 Å². The van der Waals surface area contributed by atoms with Gasteiger partial charge in [0.2, 0.25) is 0 Å². The third-order valence-corrected chi connectivity index (χ3v) is 2.10. The minimum absolute atomic E-state index is 0. The van der Waals surface area contributed by atoms with Crippen molar-refractivity contribution >= 4 is 29.7 Å². The van der Waals surface area contributed by atoms with Crippen molar-refractivity contribution in [2.75, 3.05) is 0 Å². The maximum atomic E-state index is 12.6. The molecule has 2 nitrogen and oxygen atoms in total. The van der Waals surface area contributed by atoms with Gasteiger partial charge in [-0.3, -0.25) is 4.79 Å². The summed E-state index contributed by atoms with van der Waals surface area (Å²) in [7, 11) is 0. The summed E-state index contributed by atoms with van der Waals surface area (Å²) < 4.78 is 42.7. The summed E-state index contributed by atoms with van der Waals surface area (Å²) in [4.78, 5) is 10.5. The Morgan fingerprint density at radius 3 is 2.38 bits per heavy atom. The van der Waals surface area contributed by atoms with Crippen molar-refractivity contribution in [1.82, 2.24) is 0 Å². The quantitative estimate of drug-likeness (QED) is 0.523. The van der Waals surface area contributed by atoms with Gasteiger partial charge in [-0.15, -0.1) is 0 Å². The number of hydrogen-bond donors (Lipinski definition) is 0. The van der Waals surface area contributed by atoms with Crippen molar-refractivity contribution in [3.8, 4) is 0 Å². The second-order valence-electron chi connectivity index (χ2n) is 3.07. The predicted molar refractivity (Wildman–Crippen MR) is 50.3 cm³/mol. The summed E-state index contributed by atoms with van der Waals surface area (Å²) >= 11 is 0. The van der Waals surface area contributed by atoms with Crippen molar-refractivity contribution in [2.45, 2.75) is 0 Å². The molecule has 1 aromatic carbocycles. The van der Waals surface area contributed by atoms with Gasteiger partial charge in [-0.05, 0) is 11.5 Å². The second-order valence-corrected chi connectivity index (χ2v) is 3.07. The van der Waals surface area contributed by atoms with Crippen LogP contribution in [0.2, 0.25) is 0 Å². The zero-order chi connectivity index (χ0) is 11.1. The third-order valence-electron chi connectivity index (χ3n) is 2.10. The molecule has 78 valence electrons. The molecular weight excluding hydrogens is 247 g/mol. The van der Waals surface area contributed by atoms with Crippen LogP contribution in [-0.4, -0.2) is 13.3 Å². The SMILES string of the molecule is O=Cc1oc2ccccc2c1[B-](F)(F)F.[K+]. The van der Waals surface area contributed by atoms with Gasteiger partial charge in [0.15, 0.2) is 6.29 Å². The number of benzene rings is 1. The number of rotatable bonds is 2. The molecule has 1 heterocycles. The summed E-state index contributed by atoms with van der Waals surface area (Å²) in [6.07, 6.45) is 0.0879. The average molecular weight is 252 g/mol. The van der Waals surface area contributed by atoms with Crippen LogP contribution in [0.1, 0.15) is 10.6 Å². The molecule has 7 heteroatoms. The van der Waals surface area contributed by atoms with E-state index in [1.54, 1.807) is 6.07 Å². The molecule has 0 aliphatic rings. The fraction of sp³-hybridized carbons (Fsp3) is 0. The molecule has 0 radical (unpaired) electrons. The van der Waals surface area contributed by atoms with Gasteiger partial charge < -0.3 is 17.4 Å². The summed E-state index contributed by atoms with van der Waals surface area (Å²) in [5.74, 6) is -0.649. The Hall–Kier alpha value is -0.0787. The smallest absolute Gasteiger partial charge is 0.456 e. The molecule has 0 atom stereocenters. The molecule has 0 spiro atoms. The second kappa shape index (κ2) is 5.05. The van der Waals surface area contributed by atoms with Crippen LogP contribution in [0.4, 0.5) is 12.9 Å². The molecule has 0 aliphatic carbocycles. The zero-order valence-corrected chi connectivity index (χ0v) is 11.5. The summed E-state index contributed by atoms with van der Waals surface area (Å²) in [6, 6.07) is 5.70. The first-order valence-electron chi connectivity index (χ1n) is 4.20. The van der Waals surface area contributed by atoms with Gasteiger partial charge in [0.25, 0.3) is 0 Å². The van der Waals surface area contributed by atoms with Crippen molar-refractivity contribution in [3.05, 3.63) is 30.0 Å². The van der Waals surface area contributed by atoms with E-state index in [1.807, 2.05) is 0 Å². The van der Waals surface area contributed by atoms with Crippen LogP contribution >= 0.6 is 0 Å². The first-order chi connectivity index (χ1) is 7.04. The monoisotopic (exact) mass is 252 g/mol. The maximum Gasteiger partial charge on any atom is 1.00 e. The fourth-order valence-corrected chi connectivity index (χ4v) is 1.51. The van der Waals surface area contributed by atoms with Crippen LogP contribution in [0, 0.1) is 0 Å². The van der Waals surface area contributed by atoms with Gasteiger partial charge in [-0.1, -0.05) is 23.7 Å². The molecule has 0 amide bonds. The molecule has 0 saturated carbocycles. The van der Waals surface area contributed by atoms with Crippen LogP contribution in [0.3, 0.4) is 0 Å². The molecule has 0 bridgehead atoms. The standard InChI is InChI=1S/C9H5BF3O2.K/c11-10(12,13)9-6-3-1-2-4-7(6)15-8(9)5-14;/h1-5H;/q-1;+1. The Morgan fingerprint density at radius 1 is 1.19 bits per heavy atom. The molecule has 2 rings (SSSR count). The largest absolute Gasteiger partial charge is 1.00 e. The normalized spacial score (nSPS) is 11.2. The number of carbonyl (C=O) groups is 1. The Kier molecular flexibility index (Phi) is 4.42. The van der Waals surface area contributed by atoms with Gasteiger partial charge in [0, 0.05) is 0 Å². The van der Waals surface area contributed by atoms with E-state index in [-0.39, 0.29) is 68.6 Å². The summed E-state index contributed by atoms with van der Waals surface area (Å²) in [6.45, 7) is -5.24. The van der Waals surface area contributed by atoms with Gasteiger partial charge in [0.05, 0.1) is 0 Å². The Labute approximate surface area is 132 Å². The molecule has 0 aliphatic heterocycles.